The normalized spacial score (nSPS) is 12.8. The largest absolute Gasteiger partial charge is 0.449 e. The minimum Gasteiger partial charge on any atom is -0.449 e. The molecule has 6 aromatic carbocycles. The van der Waals surface area contributed by atoms with E-state index in [1.54, 1.807) is 0 Å². The summed E-state index contributed by atoms with van der Waals surface area (Å²) in [6.07, 6.45) is 0. The van der Waals surface area contributed by atoms with Crippen molar-refractivity contribution in [1.29, 1.82) is 0 Å². The molecule has 0 aliphatic carbocycles. The maximum Gasteiger partial charge on any atom is 0.283 e. The second-order valence-corrected chi connectivity index (χ2v) is 13.4. The van der Waals surface area contributed by atoms with Crippen molar-refractivity contribution in [2.75, 3.05) is 0 Å². The average molecular weight is 451 g/mol. The molecule has 0 saturated heterocycles. The zero-order chi connectivity index (χ0) is 20.8. The third-order valence-corrected chi connectivity index (χ3v) is 9.56. The van der Waals surface area contributed by atoms with Gasteiger partial charge in [0.15, 0.2) is 9.76 Å². The van der Waals surface area contributed by atoms with Crippen LogP contribution in [0.3, 0.4) is 0 Å². The number of benzene rings is 6. The first kappa shape index (κ1) is 18.9. The topological polar surface area (TPSA) is 18.5 Å². The first-order valence-corrected chi connectivity index (χ1v) is 13.8. The summed E-state index contributed by atoms with van der Waals surface area (Å²) in [6, 6.07) is 33.7. The summed E-state index contributed by atoms with van der Waals surface area (Å²) < 4.78 is 11.3. The van der Waals surface area contributed by atoms with E-state index in [-0.39, 0.29) is 0 Å². The minimum absolute atomic E-state index is 0.760. The van der Waals surface area contributed by atoms with Crippen LogP contribution in [0.2, 0.25) is 0 Å². The Hall–Kier alpha value is -2.81. The molecule has 0 aliphatic heterocycles. The van der Waals surface area contributed by atoms with E-state index in [2.05, 4.69) is 91.0 Å². The molecule has 0 atom stereocenters. The molecule has 31 heavy (non-hydrogen) atoms. The maximum absolute atomic E-state index is 5.97. The molecule has 0 fully saturated rings. The van der Waals surface area contributed by atoms with Crippen LogP contribution in [0.5, 0.6) is 0 Å². The van der Waals surface area contributed by atoms with E-state index >= 15 is 0 Å². The number of hydrogen-bond acceptors (Lipinski definition) is 2. The number of fused-ring (bicyclic) bond motifs is 6. The lowest BCUT2D eigenvalue weighted by Gasteiger charge is -2.12. The van der Waals surface area contributed by atoms with Crippen molar-refractivity contribution in [3.63, 3.8) is 0 Å². The molecule has 0 aromatic heterocycles. The van der Waals surface area contributed by atoms with Gasteiger partial charge >= 0.3 is 0 Å². The molecule has 6 rings (SSSR count). The average Bonchev–Trinajstić information content (AvgIpc) is 2.80. The van der Waals surface area contributed by atoms with Crippen LogP contribution in [0, 0.1) is 0 Å². The van der Waals surface area contributed by atoms with Gasteiger partial charge in [-0.15, -0.1) is 0 Å². The molecule has 150 valence electrons. The first-order chi connectivity index (χ1) is 15.3. The maximum atomic E-state index is 5.97. The summed E-state index contributed by atoms with van der Waals surface area (Å²) in [7, 11) is -0.765. The van der Waals surface area contributed by atoms with E-state index in [1.165, 1.54) is 59.0 Å². The van der Waals surface area contributed by atoms with Crippen molar-refractivity contribution in [2.45, 2.75) is 0 Å². The minimum atomic E-state index is -0.781. The van der Waals surface area contributed by atoms with Crippen LogP contribution in [-0.4, -0.2) is 30.3 Å². The molecule has 0 amide bonds. The van der Waals surface area contributed by atoms with Gasteiger partial charge in [0.1, 0.15) is 10.5 Å². The van der Waals surface area contributed by atoms with Crippen molar-refractivity contribution in [3.05, 3.63) is 91.0 Å². The third kappa shape index (κ3) is 3.31. The van der Waals surface area contributed by atoms with E-state index in [0.717, 1.165) is 10.5 Å². The van der Waals surface area contributed by atoms with E-state index in [1.807, 2.05) is 0 Å². The molecule has 0 N–H and O–H groups in total. The Bertz CT molecular complexity index is 1610. The Labute approximate surface area is 188 Å². The van der Waals surface area contributed by atoms with Gasteiger partial charge in [0.25, 0.3) is 10.0 Å². The van der Waals surface area contributed by atoms with Gasteiger partial charge in [0, 0.05) is 0 Å². The van der Waals surface area contributed by atoms with Crippen LogP contribution in [0.15, 0.2) is 91.0 Å². The molecule has 0 radical (unpaired) electrons. The van der Waals surface area contributed by atoms with Crippen LogP contribution in [0.1, 0.15) is 0 Å². The Balaban J connectivity index is 1.62. The summed E-state index contributed by atoms with van der Waals surface area (Å²) >= 11 is 0. The summed E-state index contributed by atoms with van der Waals surface area (Å²) in [5, 5.41) is 14.4. The van der Waals surface area contributed by atoms with Gasteiger partial charge in [-0.25, -0.2) is 0 Å². The Morgan fingerprint density at radius 2 is 1.10 bits per heavy atom. The Morgan fingerprint density at radius 1 is 0.516 bits per heavy atom. The predicted molar refractivity (Wildman–Crippen MR) is 143 cm³/mol. The molecular weight excluding hydrogens is 429 g/mol. The second-order valence-electron chi connectivity index (χ2n) is 8.15. The SMILES string of the molecule is [SiH3]O[SiH2]O[SiH2]c1cccc2cc3ccc4cc5cc6ccccc6cc5cc4c3cc12. The summed E-state index contributed by atoms with van der Waals surface area (Å²) in [4.78, 5) is 0. The van der Waals surface area contributed by atoms with Gasteiger partial charge < -0.3 is 8.23 Å². The standard InChI is InChI=1S/C26H22O2Si3/c29-27-31-28-30-26-7-3-6-18-12-19-8-9-20-13-21-10-16-4-1-2-5-17(16)11-22(21)14-23(20)24(19)15-25(18)26/h1-15H,30-31H2,29H3. The van der Waals surface area contributed by atoms with Crippen LogP contribution < -0.4 is 5.19 Å². The molecule has 0 saturated carbocycles. The van der Waals surface area contributed by atoms with Crippen LogP contribution in [0.4, 0.5) is 0 Å². The fourth-order valence-corrected chi connectivity index (χ4v) is 8.77. The highest BCUT2D eigenvalue weighted by Crippen LogP contribution is 2.33. The highest BCUT2D eigenvalue weighted by Gasteiger charge is 2.08. The van der Waals surface area contributed by atoms with Gasteiger partial charge in [-0.2, -0.15) is 0 Å². The van der Waals surface area contributed by atoms with E-state index in [0.29, 0.717) is 0 Å². The smallest absolute Gasteiger partial charge is 0.283 e. The van der Waals surface area contributed by atoms with E-state index < -0.39 is 19.8 Å². The second kappa shape index (κ2) is 7.71. The molecular formula is C26H22O2Si3. The summed E-state index contributed by atoms with van der Waals surface area (Å²) in [5.74, 6) is 0. The zero-order valence-electron chi connectivity index (χ0n) is 17.4. The third-order valence-electron chi connectivity index (χ3n) is 6.21. The Kier molecular flexibility index (Phi) is 4.70. The lowest BCUT2D eigenvalue weighted by atomic mass is 9.95. The van der Waals surface area contributed by atoms with Gasteiger partial charge in [-0.3, -0.25) is 0 Å². The van der Waals surface area contributed by atoms with Crippen LogP contribution >= 0.6 is 0 Å². The molecule has 0 bridgehead atoms. The molecule has 5 heteroatoms. The van der Waals surface area contributed by atoms with E-state index in [9.17, 15) is 0 Å². The molecule has 0 unspecified atom stereocenters. The predicted octanol–water partition coefficient (Wildman–Crippen LogP) is 3.47. The van der Waals surface area contributed by atoms with Crippen molar-refractivity contribution < 1.29 is 8.23 Å². The molecule has 0 spiro atoms. The van der Waals surface area contributed by atoms with Crippen LogP contribution in [-0.2, 0) is 8.23 Å². The van der Waals surface area contributed by atoms with Crippen LogP contribution in [0.25, 0.3) is 53.9 Å². The highest BCUT2D eigenvalue weighted by atomic mass is 28.3. The lowest BCUT2D eigenvalue weighted by molar-refractivity contribution is 0.508. The van der Waals surface area contributed by atoms with Crippen molar-refractivity contribution in [1.82, 2.24) is 0 Å². The lowest BCUT2D eigenvalue weighted by Crippen LogP contribution is -2.21. The molecule has 6 aromatic rings. The number of hydrogen-bond donors (Lipinski definition) is 0. The van der Waals surface area contributed by atoms with Crippen molar-refractivity contribution >= 4 is 89.3 Å². The van der Waals surface area contributed by atoms with Crippen molar-refractivity contribution in [2.24, 2.45) is 0 Å². The monoisotopic (exact) mass is 450 g/mol. The summed E-state index contributed by atoms with van der Waals surface area (Å²) in [6.45, 7) is 0. The Morgan fingerprint density at radius 3 is 1.84 bits per heavy atom. The summed E-state index contributed by atoms with van der Waals surface area (Å²) in [5.41, 5.74) is 0. The van der Waals surface area contributed by atoms with E-state index in [4.69, 9.17) is 8.23 Å². The fourth-order valence-electron chi connectivity index (χ4n) is 4.70. The fraction of sp³-hybridized carbons (Fsp3) is 0. The van der Waals surface area contributed by atoms with Gasteiger partial charge in [-0.1, -0.05) is 54.6 Å². The van der Waals surface area contributed by atoms with Gasteiger partial charge in [0.2, 0.25) is 0 Å². The molecule has 0 heterocycles. The van der Waals surface area contributed by atoms with Gasteiger partial charge in [-0.05, 0) is 95.4 Å². The molecule has 0 aliphatic rings. The first-order valence-electron chi connectivity index (χ1n) is 10.6. The van der Waals surface area contributed by atoms with Gasteiger partial charge in [0.05, 0.1) is 0 Å². The quantitative estimate of drug-likeness (QED) is 0.177. The zero-order valence-corrected chi connectivity index (χ0v) is 22.2. The van der Waals surface area contributed by atoms with Crippen molar-refractivity contribution in [3.8, 4) is 0 Å². The molecule has 2 nitrogen and oxygen atoms in total. The highest BCUT2D eigenvalue weighted by molar-refractivity contribution is 6.56. The number of rotatable bonds is 4.